The van der Waals surface area contributed by atoms with Crippen molar-refractivity contribution >= 4 is 11.6 Å². The highest BCUT2D eigenvalue weighted by molar-refractivity contribution is 6.05. The number of carbonyl (C=O) groups is 1. The molecule has 3 rings (SSSR count). The van der Waals surface area contributed by atoms with E-state index in [9.17, 15) is 20.1 Å². The van der Waals surface area contributed by atoms with Crippen LogP contribution in [0.3, 0.4) is 0 Å². The first kappa shape index (κ1) is 23.1. The van der Waals surface area contributed by atoms with Crippen LogP contribution in [0.5, 0.6) is 17.2 Å². The van der Waals surface area contributed by atoms with E-state index in [0.717, 1.165) is 12.0 Å². The van der Waals surface area contributed by atoms with Crippen molar-refractivity contribution in [2.45, 2.75) is 25.5 Å². The highest BCUT2D eigenvalue weighted by atomic mass is 16.5. The zero-order chi connectivity index (χ0) is 23.1. The van der Waals surface area contributed by atoms with Crippen LogP contribution in [0, 0.1) is 0 Å². The summed E-state index contributed by atoms with van der Waals surface area (Å²) in [6.45, 7) is 2.31. The van der Waals surface area contributed by atoms with Crippen LogP contribution in [0.2, 0.25) is 0 Å². The van der Waals surface area contributed by atoms with Gasteiger partial charge in [-0.3, -0.25) is 4.79 Å². The molecule has 0 aromatic heterocycles. The summed E-state index contributed by atoms with van der Waals surface area (Å²) in [5.41, 5.74) is 2.28. The molecule has 5 N–H and O–H groups in total. The Labute approximate surface area is 187 Å². The third-order valence-corrected chi connectivity index (χ3v) is 5.14. The second-order valence-electron chi connectivity index (χ2n) is 7.65. The SMILES string of the molecule is COc1ccc(C(=O)Nc2cc(C(O)CNC(C)Cc3ccc(O)cc3)ccc2O)cc1. The molecule has 2 atom stereocenters. The van der Waals surface area contributed by atoms with Gasteiger partial charge in [0.15, 0.2) is 0 Å². The van der Waals surface area contributed by atoms with Crippen molar-refractivity contribution in [3.05, 3.63) is 83.4 Å². The predicted molar refractivity (Wildman–Crippen MR) is 123 cm³/mol. The number of amides is 1. The maximum absolute atomic E-state index is 12.5. The number of methoxy groups -OCH3 is 1. The Kier molecular flexibility index (Phi) is 7.70. The topological polar surface area (TPSA) is 111 Å². The number of nitrogens with one attached hydrogen (secondary N) is 2. The molecule has 3 aromatic rings. The van der Waals surface area contributed by atoms with Crippen LogP contribution in [0.15, 0.2) is 66.7 Å². The van der Waals surface area contributed by atoms with Crippen molar-refractivity contribution in [2.24, 2.45) is 0 Å². The Morgan fingerprint density at radius 3 is 2.34 bits per heavy atom. The average Bonchev–Trinajstić information content (AvgIpc) is 2.80. The number of phenolic OH excluding ortho intramolecular Hbond substituents is 2. The van der Waals surface area contributed by atoms with Crippen LogP contribution in [-0.4, -0.2) is 40.9 Å². The van der Waals surface area contributed by atoms with E-state index in [4.69, 9.17) is 4.74 Å². The number of rotatable bonds is 9. The smallest absolute Gasteiger partial charge is 0.255 e. The van der Waals surface area contributed by atoms with E-state index in [2.05, 4.69) is 10.6 Å². The van der Waals surface area contributed by atoms with Crippen LogP contribution in [0.4, 0.5) is 5.69 Å². The van der Waals surface area contributed by atoms with Crippen molar-refractivity contribution in [3.63, 3.8) is 0 Å². The van der Waals surface area contributed by atoms with E-state index in [0.29, 0.717) is 23.4 Å². The van der Waals surface area contributed by atoms with Gasteiger partial charge in [0.25, 0.3) is 5.91 Å². The van der Waals surface area contributed by atoms with E-state index in [1.165, 1.54) is 6.07 Å². The molecule has 7 nitrogen and oxygen atoms in total. The highest BCUT2D eigenvalue weighted by Crippen LogP contribution is 2.28. The minimum absolute atomic E-state index is 0.0866. The first-order chi connectivity index (χ1) is 15.4. The van der Waals surface area contributed by atoms with Gasteiger partial charge >= 0.3 is 0 Å². The second-order valence-corrected chi connectivity index (χ2v) is 7.65. The number of aliphatic hydroxyl groups is 1. The quantitative estimate of drug-likeness (QED) is 0.328. The van der Waals surface area contributed by atoms with Crippen LogP contribution >= 0.6 is 0 Å². The zero-order valence-corrected chi connectivity index (χ0v) is 18.1. The maximum Gasteiger partial charge on any atom is 0.255 e. The Bertz CT molecular complexity index is 1040. The molecule has 0 aliphatic rings. The molecule has 0 saturated carbocycles. The van der Waals surface area contributed by atoms with Crippen LogP contribution in [0.1, 0.15) is 34.5 Å². The van der Waals surface area contributed by atoms with E-state index in [-0.39, 0.29) is 29.1 Å². The summed E-state index contributed by atoms with van der Waals surface area (Å²) in [6, 6.07) is 18.4. The van der Waals surface area contributed by atoms with Gasteiger partial charge in [0.1, 0.15) is 17.2 Å². The lowest BCUT2D eigenvalue weighted by Crippen LogP contribution is -2.32. The summed E-state index contributed by atoms with van der Waals surface area (Å²) in [5, 5.41) is 36.1. The molecule has 0 saturated heterocycles. The molecule has 168 valence electrons. The normalized spacial score (nSPS) is 12.7. The first-order valence-corrected chi connectivity index (χ1v) is 10.3. The lowest BCUT2D eigenvalue weighted by Gasteiger charge is -2.18. The third kappa shape index (κ3) is 6.23. The number of carbonyl (C=O) groups excluding carboxylic acids is 1. The van der Waals surface area contributed by atoms with Gasteiger partial charge < -0.3 is 30.7 Å². The number of anilines is 1. The Morgan fingerprint density at radius 2 is 1.69 bits per heavy atom. The van der Waals surface area contributed by atoms with Crippen molar-refractivity contribution in [1.82, 2.24) is 5.32 Å². The largest absolute Gasteiger partial charge is 0.508 e. The van der Waals surface area contributed by atoms with E-state index in [1.54, 1.807) is 55.6 Å². The molecular formula is C25H28N2O5. The zero-order valence-electron chi connectivity index (χ0n) is 18.1. The fraction of sp³-hybridized carbons (Fsp3) is 0.240. The number of phenols is 2. The van der Waals surface area contributed by atoms with Crippen molar-refractivity contribution < 1.29 is 24.9 Å². The lowest BCUT2D eigenvalue weighted by molar-refractivity contribution is 0.102. The minimum Gasteiger partial charge on any atom is -0.508 e. The van der Waals surface area contributed by atoms with Crippen LogP contribution < -0.4 is 15.4 Å². The van der Waals surface area contributed by atoms with Gasteiger partial charge in [-0.05, 0) is 73.0 Å². The minimum atomic E-state index is -0.825. The molecule has 2 unspecified atom stereocenters. The summed E-state index contributed by atoms with van der Waals surface area (Å²) in [7, 11) is 1.55. The van der Waals surface area contributed by atoms with Crippen LogP contribution in [0.25, 0.3) is 0 Å². The number of aromatic hydroxyl groups is 2. The van der Waals surface area contributed by atoms with Crippen molar-refractivity contribution in [3.8, 4) is 17.2 Å². The van der Waals surface area contributed by atoms with Gasteiger partial charge in [-0.25, -0.2) is 0 Å². The third-order valence-electron chi connectivity index (χ3n) is 5.14. The molecule has 3 aromatic carbocycles. The summed E-state index contributed by atoms with van der Waals surface area (Å²) in [6.07, 6.45) is -0.0827. The summed E-state index contributed by atoms with van der Waals surface area (Å²) >= 11 is 0. The highest BCUT2D eigenvalue weighted by Gasteiger charge is 2.15. The number of hydrogen-bond acceptors (Lipinski definition) is 6. The van der Waals surface area contributed by atoms with Gasteiger partial charge in [0.05, 0.1) is 18.9 Å². The monoisotopic (exact) mass is 436 g/mol. The molecule has 0 aliphatic carbocycles. The van der Waals surface area contributed by atoms with Crippen LogP contribution in [-0.2, 0) is 6.42 Å². The van der Waals surface area contributed by atoms with Gasteiger partial charge in [0.2, 0.25) is 0 Å². The molecule has 0 spiro atoms. The van der Waals surface area contributed by atoms with Gasteiger partial charge in [-0.2, -0.15) is 0 Å². The van der Waals surface area contributed by atoms with Gasteiger partial charge in [-0.1, -0.05) is 18.2 Å². The predicted octanol–water partition coefficient (Wildman–Crippen LogP) is 3.61. The van der Waals surface area contributed by atoms with Crippen molar-refractivity contribution in [2.75, 3.05) is 19.0 Å². The maximum atomic E-state index is 12.5. The molecule has 0 aliphatic heterocycles. The average molecular weight is 437 g/mol. The number of aliphatic hydroxyl groups excluding tert-OH is 1. The molecule has 0 bridgehead atoms. The van der Waals surface area contributed by atoms with Gasteiger partial charge in [-0.15, -0.1) is 0 Å². The number of benzene rings is 3. The number of hydrogen-bond donors (Lipinski definition) is 5. The summed E-state index contributed by atoms with van der Waals surface area (Å²) < 4.78 is 5.09. The Balaban J connectivity index is 1.59. The molecule has 0 radical (unpaired) electrons. The standard InChI is InChI=1S/C25H28N2O5/c1-16(13-17-3-8-20(28)9-4-17)26-15-24(30)19-7-12-23(29)22(14-19)27-25(31)18-5-10-21(32-2)11-6-18/h3-12,14,16,24,26,28-30H,13,15H2,1-2H3,(H,27,31). The Hall–Kier alpha value is -3.55. The molecule has 0 fully saturated rings. The van der Waals surface area contributed by atoms with E-state index >= 15 is 0 Å². The number of ether oxygens (including phenoxy) is 1. The van der Waals surface area contributed by atoms with Crippen molar-refractivity contribution in [1.29, 1.82) is 0 Å². The fourth-order valence-corrected chi connectivity index (χ4v) is 3.29. The molecule has 32 heavy (non-hydrogen) atoms. The summed E-state index contributed by atoms with van der Waals surface area (Å²) in [4.78, 5) is 12.5. The Morgan fingerprint density at radius 1 is 1.00 bits per heavy atom. The van der Waals surface area contributed by atoms with Gasteiger partial charge in [0, 0.05) is 18.2 Å². The lowest BCUT2D eigenvalue weighted by atomic mass is 10.0. The molecule has 0 heterocycles. The molecular weight excluding hydrogens is 408 g/mol. The first-order valence-electron chi connectivity index (χ1n) is 10.3. The molecule has 7 heteroatoms. The second kappa shape index (κ2) is 10.7. The molecule has 1 amide bonds. The fourth-order valence-electron chi connectivity index (χ4n) is 3.29. The van der Waals surface area contributed by atoms with E-state index < -0.39 is 6.10 Å². The summed E-state index contributed by atoms with van der Waals surface area (Å²) in [5.74, 6) is 0.403. The van der Waals surface area contributed by atoms with E-state index in [1.807, 2.05) is 19.1 Å².